The Bertz CT molecular complexity index is 1240. The Kier molecular flexibility index (Phi) is 5.88. The van der Waals surface area contributed by atoms with Crippen molar-refractivity contribution >= 4 is 44.7 Å². The highest BCUT2D eigenvalue weighted by molar-refractivity contribution is 7.87. The topological polar surface area (TPSA) is 96.3 Å². The number of thiophene rings is 1. The van der Waals surface area contributed by atoms with Gasteiger partial charge in [-0.1, -0.05) is 11.6 Å². The minimum absolute atomic E-state index is 0.136. The highest BCUT2D eigenvalue weighted by atomic mass is 35.5. The van der Waals surface area contributed by atoms with E-state index in [0.717, 1.165) is 26.5 Å². The second kappa shape index (κ2) is 8.32. The number of carbonyl (C=O) groups is 1. The fourth-order valence-electron chi connectivity index (χ4n) is 3.33. The van der Waals surface area contributed by atoms with Crippen LogP contribution in [0, 0.1) is 5.82 Å². The van der Waals surface area contributed by atoms with Crippen LogP contribution in [-0.4, -0.2) is 41.3 Å². The standard InChI is InChI=1S/C19H19ClFN5O3S2/c1-25-8-16(22-10-25)11-5-18(30-9-11)15-7-17(26(2)31(28,29)24-15)19(27)23-12-3-4-14(21)13(20)6-12/h3-6,8-10,15,17,24H,7H2,1-2H3,(H,23,27). The zero-order valence-corrected chi connectivity index (χ0v) is 18.9. The van der Waals surface area contributed by atoms with Crippen molar-refractivity contribution in [1.29, 1.82) is 0 Å². The van der Waals surface area contributed by atoms with Gasteiger partial charge in [0.2, 0.25) is 5.91 Å². The van der Waals surface area contributed by atoms with E-state index >= 15 is 0 Å². The van der Waals surface area contributed by atoms with E-state index in [4.69, 9.17) is 11.6 Å². The van der Waals surface area contributed by atoms with Crippen LogP contribution < -0.4 is 10.0 Å². The van der Waals surface area contributed by atoms with Gasteiger partial charge in [-0.25, -0.2) is 9.37 Å². The van der Waals surface area contributed by atoms with Crippen LogP contribution in [0.3, 0.4) is 0 Å². The molecule has 1 fully saturated rings. The van der Waals surface area contributed by atoms with E-state index in [1.807, 2.05) is 29.3 Å². The molecule has 0 radical (unpaired) electrons. The number of nitrogens with zero attached hydrogens (tertiary/aromatic N) is 3. The van der Waals surface area contributed by atoms with Gasteiger partial charge in [-0.2, -0.15) is 17.4 Å². The molecule has 3 heterocycles. The number of aromatic nitrogens is 2. The summed E-state index contributed by atoms with van der Waals surface area (Å²) in [5.74, 6) is -1.13. The molecule has 1 aliphatic heterocycles. The number of likely N-dealkylation sites (N-methyl/N-ethyl adjacent to an activating group) is 1. The van der Waals surface area contributed by atoms with Crippen LogP contribution in [0.25, 0.3) is 11.3 Å². The lowest BCUT2D eigenvalue weighted by Crippen LogP contribution is -2.55. The fraction of sp³-hybridized carbons (Fsp3) is 0.263. The molecular formula is C19H19ClFN5O3S2. The normalized spacial score (nSPS) is 21.2. The summed E-state index contributed by atoms with van der Waals surface area (Å²) in [4.78, 5) is 18.0. The Morgan fingerprint density at radius 2 is 2.13 bits per heavy atom. The van der Waals surface area contributed by atoms with Crippen molar-refractivity contribution in [2.75, 3.05) is 12.4 Å². The van der Waals surface area contributed by atoms with Crippen LogP contribution in [0.4, 0.5) is 10.1 Å². The largest absolute Gasteiger partial charge is 0.340 e. The van der Waals surface area contributed by atoms with Crippen LogP contribution in [0.15, 0.2) is 42.2 Å². The Hall–Kier alpha value is -2.31. The lowest BCUT2D eigenvalue weighted by atomic mass is 10.0. The lowest BCUT2D eigenvalue weighted by Gasteiger charge is -2.35. The first-order chi connectivity index (χ1) is 14.6. The summed E-state index contributed by atoms with van der Waals surface area (Å²) in [7, 11) is -0.679. The second-order valence-electron chi connectivity index (χ2n) is 7.22. The first kappa shape index (κ1) is 21.9. The van der Waals surface area contributed by atoms with Crippen molar-refractivity contribution in [3.8, 4) is 11.3 Å². The molecule has 0 bridgehead atoms. The molecule has 164 valence electrons. The number of rotatable bonds is 4. The Balaban J connectivity index is 1.57. The van der Waals surface area contributed by atoms with Gasteiger partial charge in [-0.3, -0.25) is 4.79 Å². The predicted octanol–water partition coefficient (Wildman–Crippen LogP) is 3.16. The van der Waals surface area contributed by atoms with Crippen molar-refractivity contribution < 1.29 is 17.6 Å². The molecule has 0 spiro atoms. The van der Waals surface area contributed by atoms with E-state index in [1.165, 1.54) is 30.5 Å². The van der Waals surface area contributed by atoms with E-state index < -0.39 is 34.0 Å². The van der Waals surface area contributed by atoms with Crippen molar-refractivity contribution in [2.45, 2.75) is 18.5 Å². The fourth-order valence-corrected chi connectivity index (χ4v) is 5.82. The van der Waals surface area contributed by atoms with Crippen molar-refractivity contribution in [3.05, 3.63) is 57.9 Å². The van der Waals surface area contributed by atoms with Crippen molar-refractivity contribution in [3.63, 3.8) is 0 Å². The molecule has 2 N–H and O–H groups in total. The molecule has 4 rings (SSSR count). The van der Waals surface area contributed by atoms with E-state index in [-0.39, 0.29) is 17.1 Å². The van der Waals surface area contributed by atoms with Gasteiger partial charge in [0.15, 0.2) is 0 Å². The molecule has 2 atom stereocenters. The van der Waals surface area contributed by atoms with Gasteiger partial charge in [0.1, 0.15) is 11.9 Å². The summed E-state index contributed by atoms with van der Waals surface area (Å²) in [5.41, 5.74) is 1.94. The van der Waals surface area contributed by atoms with E-state index in [9.17, 15) is 17.6 Å². The maximum absolute atomic E-state index is 13.4. The van der Waals surface area contributed by atoms with E-state index in [2.05, 4.69) is 15.0 Å². The summed E-state index contributed by atoms with van der Waals surface area (Å²) in [6, 6.07) is 4.12. The third-order valence-corrected chi connectivity index (χ3v) is 7.95. The number of nitrogens with one attached hydrogen (secondary N) is 2. The highest BCUT2D eigenvalue weighted by Gasteiger charge is 2.41. The number of amides is 1. The van der Waals surface area contributed by atoms with Gasteiger partial charge < -0.3 is 9.88 Å². The molecule has 0 saturated carbocycles. The van der Waals surface area contributed by atoms with Crippen LogP contribution in [0.1, 0.15) is 17.3 Å². The molecule has 31 heavy (non-hydrogen) atoms. The van der Waals surface area contributed by atoms with Gasteiger partial charge >= 0.3 is 0 Å². The molecule has 0 aliphatic carbocycles. The van der Waals surface area contributed by atoms with Crippen molar-refractivity contribution in [2.24, 2.45) is 7.05 Å². The molecule has 3 aromatic rings. The SMILES string of the molecule is CN1C(C(=O)Nc2ccc(F)c(Cl)c2)CC(c2cc(-c3cn(C)cn3)cs2)NS1(=O)=O. The summed E-state index contributed by atoms with van der Waals surface area (Å²) >= 11 is 7.16. The first-order valence-corrected chi connectivity index (χ1v) is 11.9. The maximum atomic E-state index is 13.4. The predicted molar refractivity (Wildman–Crippen MR) is 118 cm³/mol. The number of benzene rings is 1. The van der Waals surface area contributed by atoms with Crippen LogP contribution in [0.5, 0.6) is 0 Å². The van der Waals surface area contributed by atoms with E-state index in [0.29, 0.717) is 0 Å². The van der Waals surface area contributed by atoms with Gasteiger partial charge in [-0.05, 0) is 30.7 Å². The minimum Gasteiger partial charge on any atom is -0.340 e. The smallest absolute Gasteiger partial charge is 0.280 e. The molecule has 1 aromatic carbocycles. The summed E-state index contributed by atoms with van der Waals surface area (Å²) in [6.07, 6.45) is 3.78. The van der Waals surface area contributed by atoms with Gasteiger partial charge in [0, 0.05) is 41.8 Å². The third kappa shape index (κ3) is 4.51. The molecule has 8 nitrogen and oxygen atoms in total. The minimum atomic E-state index is -3.89. The van der Waals surface area contributed by atoms with Crippen LogP contribution >= 0.6 is 22.9 Å². The monoisotopic (exact) mass is 483 g/mol. The maximum Gasteiger partial charge on any atom is 0.280 e. The molecule has 1 aliphatic rings. The molecule has 1 amide bonds. The molecule has 2 aromatic heterocycles. The second-order valence-corrected chi connectivity index (χ2v) is 10.3. The molecule has 2 unspecified atom stereocenters. The summed E-state index contributed by atoms with van der Waals surface area (Å²) in [6.45, 7) is 0. The third-order valence-electron chi connectivity index (χ3n) is 5.02. The summed E-state index contributed by atoms with van der Waals surface area (Å²) < 4.78 is 44.2. The quantitative estimate of drug-likeness (QED) is 0.595. The van der Waals surface area contributed by atoms with Gasteiger partial charge in [-0.15, -0.1) is 11.3 Å². The van der Waals surface area contributed by atoms with Crippen LogP contribution in [0.2, 0.25) is 5.02 Å². The summed E-state index contributed by atoms with van der Waals surface area (Å²) in [5, 5.41) is 4.39. The Labute approximate surface area is 187 Å². The lowest BCUT2D eigenvalue weighted by molar-refractivity contribution is -0.120. The van der Waals surface area contributed by atoms with Gasteiger partial charge in [0.25, 0.3) is 10.2 Å². The van der Waals surface area contributed by atoms with Gasteiger partial charge in [0.05, 0.1) is 23.1 Å². The van der Waals surface area contributed by atoms with E-state index in [1.54, 1.807) is 6.33 Å². The number of anilines is 1. The zero-order valence-electron chi connectivity index (χ0n) is 16.5. The number of hydrogen-bond donors (Lipinski definition) is 2. The average Bonchev–Trinajstić information content (AvgIpc) is 3.35. The highest BCUT2D eigenvalue weighted by Crippen LogP contribution is 2.34. The average molecular weight is 484 g/mol. The number of imidazole rings is 1. The number of halogens is 2. The molecule has 12 heteroatoms. The number of aryl methyl sites for hydroxylation is 1. The first-order valence-electron chi connectivity index (χ1n) is 9.22. The number of carbonyl (C=O) groups excluding carboxylic acids is 1. The molecule has 1 saturated heterocycles. The van der Waals surface area contributed by atoms with Crippen molar-refractivity contribution in [1.82, 2.24) is 18.6 Å². The molecular weight excluding hydrogens is 465 g/mol. The Morgan fingerprint density at radius 3 is 2.81 bits per heavy atom. The zero-order chi connectivity index (χ0) is 22.3. The number of hydrogen-bond acceptors (Lipinski definition) is 5. The Morgan fingerprint density at radius 1 is 1.35 bits per heavy atom. The van der Waals surface area contributed by atoms with Crippen LogP contribution in [-0.2, 0) is 22.1 Å².